The number of allylic oxidation sites excluding steroid dienone is 1. The van der Waals surface area contributed by atoms with Crippen LogP contribution in [-0.4, -0.2) is 42.9 Å². The molecule has 3 aromatic carbocycles. The summed E-state index contributed by atoms with van der Waals surface area (Å²) in [4.78, 5) is 27.1. The number of aromatic nitrogens is 2. The Hall–Kier alpha value is -5.25. The number of methoxy groups -OCH3 is 3. The van der Waals surface area contributed by atoms with Crippen LogP contribution in [0.3, 0.4) is 0 Å². The van der Waals surface area contributed by atoms with Crippen LogP contribution < -0.4 is 30.2 Å². The molecule has 1 aliphatic heterocycles. The van der Waals surface area contributed by atoms with Crippen LogP contribution in [0.4, 0.5) is 17.2 Å². The first kappa shape index (κ1) is 26.4. The van der Waals surface area contributed by atoms with Crippen molar-refractivity contribution in [2.45, 2.75) is 13.0 Å². The van der Waals surface area contributed by atoms with Crippen molar-refractivity contribution in [1.82, 2.24) is 9.78 Å². The highest BCUT2D eigenvalue weighted by atomic mass is 16.5. The van der Waals surface area contributed by atoms with Crippen molar-refractivity contribution < 1.29 is 23.8 Å². The molecule has 0 spiro atoms. The van der Waals surface area contributed by atoms with Crippen LogP contribution in [0.15, 0.2) is 90.3 Å². The van der Waals surface area contributed by atoms with Crippen LogP contribution in [0.25, 0.3) is 0 Å². The van der Waals surface area contributed by atoms with Crippen LogP contribution in [0, 0.1) is 0 Å². The Morgan fingerprint density at radius 1 is 0.825 bits per heavy atom. The number of carbonyl (C=O) groups is 2. The molecule has 1 aliphatic rings. The van der Waals surface area contributed by atoms with Crippen LogP contribution in [0.2, 0.25) is 0 Å². The number of nitrogens with zero attached hydrogens (tertiary/aromatic N) is 2. The van der Waals surface area contributed by atoms with Gasteiger partial charge in [0.1, 0.15) is 23.2 Å². The SMILES string of the molecule is COc1ccccc1NC(=O)C1=C(C)Nc2c(C(=O)Nc3ccccc3)cnn2C1c1ccc(OC)c(OC)c1. The zero-order valence-electron chi connectivity index (χ0n) is 22.5. The molecule has 3 N–H and O–H groups in total. The number of rotatable bonds is 8. The summed E-state index contributed by atoms with van der Waals surface area (Å²) in [6, 6.07) is 21.1. The van der Waals surface area contributed by atoms with Gasteiger partial charge in [0, 0.05) is 11.4 Å². The summed E-state index contributed by atoms with van der Waals surface area (Å²) in [7, 11) is 4.65. The monoisotopic (exact) mass is 539 g/mol. The second kappa shape index (κ2) is 11.2. The standard InChI is InChI=1S/C30H29N5O5/c1-18-26(30(37)34-22-12-8-9-13-23(22)38-2)27(19-14-15-24(39-3)25(16-19)40-4)35-28(32-18)21(17-31-35)29(36)33-20-10-6-5-7-11-20/h5-17,27,32H,1-4H3,(H,33,36)(H,34,37). The fraction of sp³-hybridized carbons (Fsp3) is 0.167. The summed E-state index contributed by atoms with van der Waals surface area (Å²) in [5.41, 5.74) is 3.19. The van der Waals surface area contributed by atoms with E-state index in [9.17, 15) is 9.59 Å². The van der Waals surface area contributed by atoms with E-state index in [-0.39, 0.29) is 11.8 Å². The smallest absolute Gasteiger partial charge is 0.261 e. The molecule has 40 heavy (non-hydrogen) atoms. The van der Waals surface area contributed by atoms with Crippen molar-refractivity contribution in [3.8, 4) is 17.2 Å². The van der Waals surface area contributed by atoms with Crippen LogP contribution in [-0.2, 0) is 4.79 Å². The summed E-state index contributed by atoms with van der Waals surface area (Å²) >= 11 is 0. The molecular formula is C30H29N5O5. The van der Waals surface area contributed by atoms with E-state index in [1.165, 1.54) is 6.20 Å². The van der Waals surface area contributed by atoms with Gasteiger partial charge < -0.3 is 30.2 Å². The lowest BCUT2D eigenvalue weighted by atomic mass is 9.94. The Bertz CT molecular complexity index is 1600. The summed E-state index contributed by atoms with van der Waals surface area (Å²) < 4.78 is 18.0. The lowest BCUT2D eigenvalue weighted by Gasteiger charge is -2.30. The summed E-state index contributed by atoms with van der Waals surface area (Å²) in [5.74, 6) is 1.34. The first-order valence-corrected chi connectivity index (χ1v) is 12.5. The molecule has 0 aliphatic carbocycles. The molecule has 0 radical (unpaired) electrons. The van der Waals surface area contributed by atoms with E-state index in [0.29, 0.717) is 56.8 Å². The number of hydrogen-bond donors (Lipinski definition) is 3. The maximum Gasteiger partial charge on any atom is 0.261 e. The third-order valence-electron chi connectivity index (χ3n) is 6.62. The topological polar surface area (TPSA) is 116 Å². The molecule has 204 valence electrons. The normalized spacial score (nSPS) is 14.1. The molecule has 4 aromatic rings. The number of amides is 2. The van der Waals surface area contributed by atoms with Gasteiger partial charge >= 0.3 is 0 Å². The number of fused-ring (bicyclic) bond motifs is 1. The molecule has 0 saturated carbocycles. The van der Waals surface area contributed by atoms with Crippen molar-refractivity contribution in [3.63, 3.8) is 0 Å². The van der Waals surface area contributed by atoms with Crippen molar-refractivity contribution in [2.75, 3.05) is 37.3 Å². The van der Waals surface area contributed by atoms with Gasteiger partial charge in [-0.15, -0.1) is 0 Å². The number of carbonyl (C=O) groups excluding carboxylic acids is 2. The van der Waals surface area contributed by atoms with Crippen molar-refractivity contribution in [2.24, 2.45) is 0 Å². The lowest BCUT2D eigenvalue weighted by molar-refractivity contribution is -0.113. The van der Waals surface area contributed by atoms with E-state index >= 15 is 0 Å². The van der Waals surface area contributed by atoms with Gasteiger partial charge in [0.25, 0.3) is 11.8 Å². The van der Waals surface area contributed by atoms with Crippen LogP contribution in [0.1, 0.15) is 28.9 Å². The van der Waals surface area contributed by atoms with E-state index < -0.39 is 6.04 Å². The fourth-order valence-corrected chi connectivity index (χ4v) is 4.70. The van der Waals surface area contributed by atoms with Gasteiger partial charge in [-0.05, 0) is 48.9 Å². The molecule has 10 nitrogen and oxygen atoms in total. The second-order valence-electron chi connectivity index (χ2n) is 9.01. The van der Waals surface area contributed by atoms with Gasteiger partial charge in [0.05, 0.1) is 38.8 Å². The van der Waals surface area contributed by atoms with E-state index in [1.54, 1.807) is 69.3 Å². The maximum atomic E-state index is 13.9. The van der Waals surface area contributed by atoms with Crippen molar-refractivity contribution in [3.05, 3.63) is 101 Å². The van der Waals surface area contributed by atoms with Gasteiger partial charge in [-0.3, -0.25) is 9.59 Å². The second-order valence-corrected chi connectivity index (χ2v) is 9.01. The highest BCUT2D eigenvalue weighted by molar-refractivity contribution is 6.09. The van der Waals surface area contributed by atoms with Gasteiger partial charge in [-0.1, -0.05) is 36.4 Å². The Labute approximate surface area is 231 Å². The number of anilines is 3. The minimum Gasteiger partial charge on any atom is -0.495 e. The molecule has 0 bridgehead atoms. The van der Waals surface area contributed by atoms with E-state index in [2.05, 4.69) is 21.0 Å². The van der Waals surface area contributed by atoms with Gasteiger partial charge in [-0.25, -0.2) is 4.68 Å². The third-order valence-corrected chi connectivity index (χ3v) is 6.62. The number of ether oxygens (including phenoxy) is 3. The molecule has 0 fully saturated rings. The summed E-state index contributed by atoms with van der Waals surface area (Å²) in [6.07, 6.45) is 1.49. The minimum atomic E-state index is -0.691. The molecule has 1 aromatic heterocycles. The van der Waals surface area contributed by atoms with E-state index in [0.717, 1.165) is 0 Å². The molecule has 2 heterocycles. The molecule has 5 rings (SSSR count). The number of nitrogens with one attached hydrogen (secondary N) is 3. The molecular weight excluding hydrogens is 510 g/mol. The molecule has 1 atom stereocenters. The third kappa shape index (κ3) is 4.94. The Kier molecular flexibility index (Phi) is 7.41. The van der Waals surface area contributed by atoms with Gasteiger partial charge in [0.2, 0.25) is 0 Å². The predicted molar refractivity (Wildman–Crippen MR) is 152 cm³/mol. The lowest BCUT2D eigenvalue weighted by Crippen LogP contribution is -2.32. The maximum absolute atomic E-state index is 13.9. The van der Waals surface area contributed by atoms with Crippen molar-refractivity contribution in [1.29, 1.82) is 0 Å². The zero-order chi connectivity index (χ0) is 28.2. The number of para-hydroxylation sites is 3. The fourth-order valence-electron chi connectivity index (χ4n) is 4.70. The molecule has 1 unspecified atom stereocenters. The summed E-state index contributed by atoms with van der Waals surface area (Å²) in [5, 5.41) is 13.7. The van der Waals surface area contributed by atoms with Gasteiger partial charge in [-0.2, -0.15) is 5.10 Å². The highest BCUT2D eigenvalue weighted by Crippen LogP contribution is 2.41. The van der Waals surface area contributed by atoms with Crippen LogP contribution >= 0.6 is 0 Å². The molecule has 2 amide bonds. The Morgan fingerprint density at radius 3 is 2.25 bits per heavy atom. The van der Waals surface area contributed by atoms with E-state index in [1.807, 2.05) is 36.4 Å². The van der Waals surface area contributed by atoms with Crippen molar-refractivity contribution >= 4 is 29.0 Å². The highest BCUT2D eigenvalue weighted by Gasteiger charge is 2.36. The number of hydrogen-bond acceptors (Lipinski definition) is 7. The molecule has 10 heteroatoms. The van der Waals surface area contributed by atoms with E-state index in [4.69, 9.17) is 14.2 Å². The minimum absolute atomic E-state index is 0.331. The molecule has 0 saturated heterocycles. The average Bonchev–Trinajstić information content (AvgIpc) is 3.40. The largest absolute Gasteiger partial charge is 0.495 e. The van der Waals surface area contributed by atoms with Crippen LogP contribution in [0.5, 0.6) is 17.2 Å². The zero-order valence-corrected chi connectivity index (χ0v) is 22.5. The first-order valence-electron chi connectivity index (χ1n) is 12.5. The Balaban J connectivity index is 1.59. The summed E-state index contributed by atoms with van der Waals surface area (Å²) in [6.45, 7) is 1.79. The first-order chi connectivity index (χ1) is 19.4. The van der Waals surface area contributed by atoms with Gasteiger partial charge in [0.15, 0.2) is 11.5 Å². The quantitative estimate of drug-likeness (QED) is 0.286. The number of benzene rings is 3. The predicted octanol–water partition coefficient (Wildman–Crippen LogP) is 5.09. The Morgan fingerprint density at radius 2 is 1.52 bits per heavy atom. The average molecular weight is 540 g/mol.